The third-order valence-corrected chi connectivity index (χ3v) is 4.30. The van der Waals surface area contributed by atoms with E-state index in [-0.39, 0.29) is 0 Å². The number of nitrogens with one attached hydrogen (secondary N) is 1. The van der Waals surface area contributed by atoms with E-state index < -0.39 is 0 Å². The highest BCUT2D eigenvalue weighted by Crippen LogP contribution is 2.48. The van der Waals surface area contributed by atoms with Gasteiger partial charge >= 0.3 is 0 Å². The summed E-state index contributed by atoms with van der Waals surface area (Å²) in [5.74, 6) is 4.03. The molecule has 2 fully saturated rings. The van der Waals surface area contributed by atoms with Crippen LogP contribution in [0.1, 0.15) is 31.4 Å². The molecule has 0 aliphatic heterocycles. The molecule has 3 unspecified atom stereocenters. The second kappa shape index (κ2) is 4.17. The Morgan fingerprint density at radius 2 is 2.24 bits per heavy atom. The van der Waals surface area contributed by atoms with Crippen LogP contribution >= 0.6 is 0 Å². The molecule has 3 atom stereocenters. The largest absolute Gasteiger partial charge is 0.370 e. The number of hydrogen-bond donors (Lipinski definition) is 2. The van der Waals surface area contributed by atoms with E-state index >= 15 is 0 Å². The van der Waals surface area contributed by atoms with Gasteiger partial charge in [-0.15, -0.1) is 0 Å². The normalized spacial score (nSPS) is 30.8. The number of anilines is 2. The zero-order valence-electron chi connectivity index (χ0n) is 10.3. The second-order valence-electron chi connectivity index (χ2n) is 5.57. The van der Waals surface area contributed by atoms with Gasteiger partial charge in [-0.05, 0) is 43.9 Å². The van der Waals surface area contributed by atoms with Crippen molar-refractivity contribution in [2.24, 2.45) is 17.8 Å². The second-order valence-corrected chi connectivity index (χ2v) is 5.57. The molecule has 1 heterocycles. The minimum Gasteiger partial charge on any atom is -0.370 e. The number of aromatic nitrogens is 2. The van der Waals surface area contributed by atoms with Crippen LogP contribution in [0.3, 0.4) is 0 Å². The molecule has 0 spiro atoms. The molecular weight excluding hydrogens is 212 g/mol. The third-order valence-electron chi connectivity index (χ3n) is 4.30. The molecule has 2 saturated carbocycles. The summed E-state index contributed by atoms with van der Waals surface area (Å²) in [6, 6.07) is 1.96. The zero-order valence-corrected chi connectivity index (χ0v) is 10.3. The van der Waals surface area contributed by atoms with E-state index in [1.54, 1.807) is 0 Å². The van der Waals surface area contributed by atoms with Gasteiger partial charge in [0.2, 0.25) is 5.95 Å². The molecule has 0 radical (unpaired) electrons. The molecule has 92 valence electrons. The Labute approximate surface area is 102 Å². The monoisotopic (exact) mass is 232 g/mol. The maximum Gasteiger partial charge on any atom is 0.222 e. The van der Waals surface area contributed by atoms with Crippen LogP contribution in [0.2, 0.25) is 0 Å². The van der Waals surface area contributed by atoms with Crippen molar-refractivity contribution < 1.29 is 0 Å². The fraction of sp³-hybridized carbons (Fsp3) is 0.692. The van der Waals surface area contributed by atoms with Crippen molar-refractivity contribution >= 4 is 11.8 Å². The number of aryl methyl sites for hydroxylation is 1. The van der Waals surface area contributed by atoms with E-state index in [9.17, 15) is 0 Å². The SMILES string of the molecule is Cc1cc(NCC2CC3CCC2C3)nc(N)n1. The van der Waals surface area contributed by atoms with Crippen molar-refractivity contribution in [3.8, 4) is 0 Å². The van der Waals surface area contributed by atoms with Gasteiger partial charge in [-0.1, -0.05) is 6.42 Å². The maximum absolute atomic E-state index is 5.64. The van der Waals surface area contributed by atoms with Crippen molar-refractivity contribution in [1.29, 1.82) is 0 Å². The van der Waals surface area contributed by atoms with Gasteiger partial charge in [0.1, 0.15) is 5.82 Å². The summed E-state index contributed by atoms with van der Waals surface area (Å²) in [5, 5.41) is 3.42. The van der Waals surface area contributed by atoms with Crippen LogP contribution in [-0.2, 0) is 0 Å². The number of rotatable bonds is 3. The quantitative estimate of drug-likeness (QED) is 0.838. The summed E-state index contributed by atoms with van der Waals surface area (Å²) in [6.07, 6.45) is 5.75. The molecule has 1 aromatic rings. The topological polar surface area (TPSA) is 63.8 Å². The summed E-state index contributed by atoms with van der Waals surface area (Å²) in [4.78, 5) is 8.29. The molecule has 0 aromatic carbocycles. The molecule has 0 saturated heterocycles. The number of nitrogens with two attached hydrogens (primary N) is 1. The Kier molecular flexibility index (Phi) is 2.65. The first-order valence-corrected chi connectivity index (χ1v) is 6.56. The first kappa shape index (κ1) is 10.8. The van der Waals surface area contributed by atoms with Gasteiger partial charge in [-0.2, -0.15) is 4.98 Å². The molecule has 0 amide bonds. The predicted molar refractivity (Wildman–Crippen MR) is 68.6 cm³/mol. The molecule has 3 rings (SSSR count). The number of fused-ring (bicyclic) bond motifs is 2. The Morgan fingerprint density at radius 1 is 1.35 bits per heavy atom. The molecule has 4 nitrogen and oxygen atoms in total. The predicted octanol–water partition coefficient (Wildman–Crippen LogP) is 2.22. The first-order valence-electron chi connectivity index (χ1n) is 6.56. The lowest BCUT2D eigenvalue weighted by Crippen LogP contribution is -2.20. The fourth-order valence-corrected chi connectivity index (χ4v) is 3.54. The van der Waals surface area contributed by atoms with Gasteiger partial charge < -0.3 is 11.1 Å². The summed E-state index contributed by atoms with van der Waals surface area (Å²) in [7, 11) is 0. The van der Waals surface area contributed by atoms with Crippen molar-refractivity contribution in [1.82, 2.24) is 9.97 Å². The van der Waals surface area contributed by atoms with Crippen LogP contribution in [0.4, 0.5) is 11.8 Å². The summed E-state index contributed by atoms with van der Waals surface area (Å²) < 4.78 is 0. The van der Waals surface area contributed by atoms with Crippen LogP contribution < -0.4 is 11.1 Å². The van der Waals surface area contributed by atoms with Crippen molar-refractivity contribution in [3.63, 3.8) is 0 Å². The van der Waals surface area contributed by atoms with Crippen molar-refractivity contribution in [2.45, 2.75) is 32.6 Å². The van der Waals surface area contributed by atoms with E-state index in [4.69, 9.17) is 5.73 Å². The average Bonchev–Trinajstić information content (AvgIpc) is 2.86. The van der Waals surface area contributed by atoms with Crippen molar-refractivity contribution in [2.75, 3.05) is 17.6 Å². The number of hydrogen-bond acceptors (Lipinski definition) is 4. The minimum atomic E-state index is 0.362. The molecule has 3 N–H and O–H groups in total. The Balaban J connectivity index is 1.60. The third kappa shape index (κ3) is 2.21. The van der Waals surface area contributed by atoms with Crippen LogP contribution in [0.5, 0.6) is 0 Å². The molecule has 2 bridgehead atoms. The molecule has 4 heteroatoms. The van der Waals surface area contributed by atoms with Gasteiger partial charge in [0.15, 0.2) is 0 Å². The Bertz CT molecular complexity index is 398. The van der Waals surface area contributed by atoms with Crippen LogP contribution in [0.25, 0.3) is 0 Å². The van der Waals surface area contributed by atoms with Crippen molar-refractivity contribution in [3.05, 3.63) is 11.8 Å². The van der Waals surface area contributed by atoms with Crippen LogP contribution in [0, 0.1) is 24.7 Å². The highest BCUT2D eigenvalue weighted by atomic mass is 15.1. The molecule has 2 aliphatic carbocycles. The fourth-order valence-electron chi connectivity index (χ4n) is 3.54. The van der Waals surface area contributed by atoms with E-state index in [0.29, 0.717) is 5.95 Å². The first-order chi connectivity index (χ1) is 8.20. The van der Waals surface area contributed by atoms with Crippen LogP contribution in [-0.4, -0.2) is 16.5 Å². The maximum atomic E-state index is 5.64. The summed E-state index contributed by atoms with van der Waals surface area (Å²) in [6.45, 7) is 2.98. The van der Waals surface area contributed by atoms with Gasteiger partial charge in [-0.3, -0.25) is 0 Å². The van der Waals surface area contributed by atoms with Gasteiger partial charge in [0.25, 0.3) is 0 Å². The Hall–Kier alpha value is -1.32. The van der Waals surface area contributed by atoms with E-state index in [1.807, 2.05) is 13.0 Å². The lowest BCUT2D eigenvalue weighted by Gasteiger charge is -2.22. The zero-order chi connectivity index (χ0) is 11.8. The standard InChI is InChI=1S/C13H20N4/c1-8-4-12(17-13(14)16-8)15-7-11-6-9-2-3-10(11)5-9/h4,9-11H,2-3,5-7H2,1H3,(H3,14,15,16,17). The molecular formula is C13H20N4. The summed E-state index contributed by atoms with van der Waals surface area (Å²) in [5.41, 5.74) is 6.57. The minimum absolute atomic E-state index is 0.362. The van der Waals surface area contributed by atoms with Gasteiger partial charge in [-0.25, -0.2) is 4.98 Å². The average molecular weight is 232 g/mol. The summed E-state index contributed by atoms with van der Waals surface area (Å²) >= 11 is 0. The molecule has 17 heavy (non-hydrogen) atoms. The van der Waals surface area contributed by atoms with E-state index in [1.165, 1.54) is 25.7 Å². The lowest BCUT2D eigenvalue weighted by molar-refractivity contribution is 0.348. The Morgan fingerprint density at radius 3 is 2.88 bits per heavy atom. The number of nitrogen functional groups attached to an aromatic ring is 1. The lowest BCUT2D eigenvalue weighted by atomic mass is 9.89. The molecule has 2 aliphatic rings. The highest BCUT2D eigenvalue weighted by molar-refractivity contribution is 5.40. The van der Waals surface area contributed by atoms with E-state index in [2.05, 4.69) is 15.3 Å². The highest BCUT2D eigenvalue weighted by Gasteiger charge is 2.39. The smallest absolute Gasteiger partial charge is 0.222 e. The molecule has 1 aromatic heterocycles. The van der Waals surface area contributed by atoms with E-state index in [0.717, 1.165) is 35.8 Å². The number of nitrogens with zero attached hydrogens (tertiary/aromatic N) is 2. The van der Waals surface area contributed by atoms with Crippen LogP contribution in [0.15, 0.2) is 6.07 Å². The van der Waals surface area contributed by atoms with Gasteiger partial charge in [0, 0.05) is 18.3 Å². The van der Waals surface area contributed by atoms with Gasteiger partial charge in [0.05, 0.1) is 0 Å².